The number of nitrogens with zero attached hydrogens (tertiary/aromatic N) is 1. The molecule has 0 saturated heterocycles. The van der Waals surface area contributed by atoms with E-state index >= 15 is 0 Å². The normalized spacial score (nSPS) is 11.0. The zero-order valence-corrected chi connectivity index (χ0v) is 19.5. The summed E-state index contributed by atoms with van der Waals surface area (Å²) in [7, 11) is 0. The number of nitrogens with one attached hydrogen (secondary N) is 1. The fourth-order valence-electron chi connectivity index (χ4n) is 3.05. The summed E-state index contributed by atoms with van der Waals surface area (Å²) in [5, 5.41) is 12.5. The van der Waals surface area contributed by atoms with Crippen LogP contribution in [-0.4, -0.2) is 12.5 Å². The molecular weight excluding hydrogens is 495 g/mol. The van der Waals surface area contributed by atoms with Crippen LogP contribution >= 0.6 is 27.5 Å². The molecule has 3 aromatic carbocycles. The van der Waals surface area contributed by atoms with Gasteiger partial charge in [0.25, 0.3) is 5.91 Å². The predicted octanol–water partition coefficient (Wildman–Crippen LogP) is 6.78. The molecular formula is C25H19BrClFN2O2. The first-order chi connectivity index (χ1) is 15.4. The smallest absolute Gasteiger partial charge is 0.266 e. The largest absolute Gasteiger partial charge is 0.494 e. The first kappa shape index (κ1) is 23.5. The van der Waals surface area contributed by atoms with Crippen molar-refractivity contribution < 1.29 is 13.9 Å². The first-order valence-electron chi connectivity index (χ1n) is 9.78. The minimum absolute atomic E-state index is 0.119. The van der Waals surface area contributed by atoms with Gasteiger partial charge in [-0.3, -0.25) is 4.79 Å². The third-order valence-electron chi connectivity index (χ3n) is 4.58. The number of hydrogen-bond donors (Lipinski definition) is 1. The molecule has 3 rings (SSSR count). The van der Waals surface area contributed by atoms with Crippen molar-refractivity contribution in [2.75, 3.05) is 11.9 Å². The van der Waals surface area contributed by atoms with Crippen LogP contribution in [0, 0.1) is 17.1 Å². The van der Waals surface area contributed by atoms with E-state index in [1.807, 2.05) is 37.3 Å². The third-order valence-corrected chi connectivity index (χ3v) is 5.69. The molecule has 0 fully saturated rings. The van der Waals surface area contributed by atoms with Gasteiger partial charge in [0, 0.05) is 27.2 Å². The van der Waals surface area contributed by atoms with Gasteiger partial charge in [-0.25, -0.2) is 4.39 Å². The highest BCUT2D eigenvalue weighted by Gasteiger charge is 2.15. The number of benzene rings is 3. The van der Waals surface area contributed by atoms with Crippen molar-refractivity contribution >= 4 is 45.2 Å². The van der Waals surface area contributed by atoms with Crippen LogP contribution in [0.3, 0.4) is 0 Å². The maximum atomic E-state index is 13.1. The van der Waals surface area contributed by atoms with Gasteiger partial charge in [0.1, 0.15) is 23.2 Å². The van der Waals surface area contributed by atoms with Gasteiger partial charge in [-0.15, -0.1) is 0 Å². The lowest BCUT2D eigenvalue weighted by molar-refractivity contribution is -0.112. The van der Waals surface area contributed by atoms with Crippen molar-refractivity contribution in [1.29, 1.82) is 5.26 Å². The van der Waals surface area contributed by atoms with E-state index in [0.29, 0.717) is 35.1 Å². The van der Waals surface area contributed by atoms with Gasteiger partial charge in [-0.2, -0.15) is 5.26 Å². The molecule has 0 bridgehead atoms. The van der Waals surface area contributed by atoms with Crippen molar-refractivity contribution in [3.8, 4) is 11.8 Å². The molecule has 0 heterocycles. The maximum absolute atomic E-state index is 13.1. The summed E-state index contributed by atoms with van der Waals surface area (Å²) in [6.45, 7) is 2.30. The zero-order valence-electron chi connectivity index (χ0n) is 17.2. The quantitative estimate of drug-likeness (QED) is 0.280. The van der Waals surface area contributed by atoms with E-state index in [9.17, 15) is 14.4 Å². The molecule has 32 heavy (non-hydrogen) atoms. The summed E-state index contributed by atoms with van der Waals surface area (Å²) in [4.78, 5) is 12.5. The van der Waals surface area contributed by atoms with Crippen LogP contribution < -0.4 is 10.1 Å². The number of ether oxygens (including phenoxy) is 1. The summed E-state index contributed by atoms with van der Waals surface area (Å²) in [6, 6.07) is 18.5. The lowest BCUT2D eigenvalue weighted by atomic mass is 10.0. The van der Waals surface area contributed by atoms with E-state index in [0.717, 1.165) is 15.6 Å². The molecule has 162 valence electrons. The summed E-state index contributed by atoms with van der Waals surface area (Å²) < 4.78 is 19.8. The van der Waals surface area contributed by atoms with Gasteiger partial charge >= 0.3 is 0 Å². The molecule has 0 aliphatic heterocycles. The molecule has 0 spiro atoms. The van der Waals surface area contributed by atoms with Crippen LogP contribution in [0.2, 0.25) is 5.02 Å². The molecule has 0 atom stereocenters. The Morgan fingerprint density at radius 2 is 1.94 bits per heavy atom. The van der Waals surface area contributed by atoms with Crippen LogP contribution in [0.1, 0.15) is 23.6 Å². The maximum Gasteiger partial charge on any atom is 0.266 e. The topological polar surface area (TPSA) is 62.1 Å². The van der Waals surface area contributed by atoms with Crippen LogP contribution in [-0.2, 0) is 11.2 Å². The summed E-state index contributed by atoms with van der Waals surface area (Å²) in [5.74, 6) is -0.441. The minimum Gasteiger partial charge on any atom is -0.494 e. The predicted molar refractivity (Wildman–Crippen MR) is 128 cm³/mol. The SMILES string of the molecule is CCOc1cc(/C=C(\C#N)C(=O)Nc2ccc(F)cc2)cc(Cl)c1Cc1ccccc1Br. The van der Waals surface area contributed by atoms with E-state index in [1.165, 1.54) is 30.3 Å². The number of nitriles is 1. The van der Waals surface area contributed by atoms with Crippen molar-refractivity contribution in [2.24, 2.45) is 0 Å². The van der Waals surface area contributed by atoms with E-state index < -0.39 is 11.7 Å². The van der Waals surface area contributed by atoms with E-state index in [-0.39, 0.29) is 5.57 Å². The van der Waals surface area contributed by atoms with Gasteiger partial charge in [0.15, 0.2) is 0 Å². The standard InChI is InChI=1S/C25H19BrClFN2O2/c1-2-32-24-13-16(12-23(27)21(24)14-17-5-3-4-6-22(17)26)11-18(15-29)25(31)30-20-9-7-19(28)8-10-20/h3-13H,2,14H2,1H3,(H,30,31)/b18-11+. The Morgan fingerprint density at radius 1 is 1.22 bits per heavy atom. The Labute approximate surface area is 199 Å². The molecule has 0 aliphatic rings. The molecule has 0 radical (unpaired) electrons. The fourth-order valence-corrected chi connectivity index (χ4v) is 3.76. The number of amides is 1. The zero-order chi connectivity index (χ0) is 23.1. The van der Waals surface area contributed by atoms with Crippen LogP contribution in [0.4, 0.5) is 10.1 Å². The van der Waals surface area contributed by atoms with E-state index in [2.05, 4.69) is 21.2 Å². The van der Waals surface area contributed by atoms with Crippen LogP contribution in [0.15, 0.2) is 70.7 Å². The molecule has 1 amide bonds. The van der Waals surface area contributed by atoms with Gasteiger partial charge in [-0.05, 0) is 66.6 Å². The summed E-state index contributed by atoms with van der Waals surface area (Å²) in [5.41, 5.74) is 2.68. The van der Waals surface area contributed by atoms with E-state index in [4.69, 9.17) is 16.3 Å². The monoisotopic (exact) mass is 512 g/mol. The van der Waals surface area contributed by atoms with Crippen molar-refractivity contribution in [3.05, 3.63) is 98.2 Å². The second-order valence-electron chi connectivity index (χ2n) is 6.81. The molecule has 0 aliphatic carbocycles. The van der Waals surface area contributed by atoms with Gasteiger partial charge in [-0.1, -0.05) is 45.7 Å². The molecule has 4 nitrogen and oxygen atoms in total. The number of halogens is 3. The number of anilines is 1. The van der Waals surface area contributed by atoms with Crippen molar-refractivity contribution in [2.45, 2.75) is 13.3 Å². The average Bonchev–Trinajstić information content (AvgIpc) is 2.77. The molecule has 1 N–H and O–H groups in total. The number of carbonyl (C=O) groups is 1. The molecule has 0 aromatic heterocycles. The lowest BCUT2D eigenvalue weighted by Gasteiger charge is -2.14. The second kappa shape index (κ2) is 10.9. The Kier molecular flexibility index (Phi) is 8.04. The third kappa shape index (κ3) is 5.97. The molecule has 0 saturated carbocycles. The lowest BCUT2D eigenvalue weighted by Crippen LogP contribution is -2.13. The average molecular weight is 514 g/mol. The highest BCUT2D eigenvalue weighted by atomic mass is 79.9. The summed E-state index contributed by atoms with van der Waals surface area (Å²) in [6.07, 6.45) is 1.99. The van der Waals surface area contributed by atoms with Crippen molar-refractivity contribution in [3.63, 3.8) is 0 Å². The number of hydrogen-bond acceptors (Lipinski definition) is 3. The molecule has 3 aromatic rings. The summed E-state index contributed by atoms with van der Waals surface area (Å²) >= 11 is 10.1. The highest BCUT2D eigenvalue weighted by molar-refractivity contribution is 9.10. The van der Waals surface area contributed by atoms with Crippen LogP contribution in [0.5, 0.6) is 5.75 Å². The Bertz CT molecular complexity index is 1200. The van der Waals surface area contributed by atoms with Gasteiger partial charge in [0.2, 0.25) is 0 Å². The Balaban J connectivity index is 1.91. The van der Waals surface area contributed by atoms with Gasteiger partial charge in [0.05, 0.1) is 6.61 Å². The Morgan fingerprint density at radius 3 is 2.59 bits per heavy atom. The van der Waals surface area contributed by atoms with Gasteiger partial charge < -0.3 is 10.1 Å². The van der Waals surface area contributed by atoms with Crippen LogP contribution in [0.25, 0.3) is 6.08 Å². The van der Waals surface area contributed by atoms with E-state index in [1.54, 1.807) is 12.1 Å². The highest BCUT2D eigenvalue weighted by Crippen LogP contribution is 2.33. The first-order valence-corrected chi connectivity index (χ1v) is 11.0. The second-order valence-corrected chi connectivity index (χ2v) is 8.07. The fraction of sp³-hybridized carbons (Fsp3) is 0.120. The number of carbonyl (C=O) groups excluding carboxylic acids is 1. The number of rotatable bonds is 7. The molecule has 0 unspecified atom stereocenters. The van der Waals surface area contributed by atoms with Crippen molar-refractivity contribution in [1.82, 2.24) is 0 Å². The minimum atomic E-state index is -0.606. The Hall–Kier alpha value is -3.14. The molecule has 7 heteroatoms.